The largest absolute Gasteiger partial charge is 0.344 e. The predicted octanol–water partition coefficient (Wildman–Crippen LogP) is 1.12. The SMILES string of the molecule is Cn1cnc2cc(C3(C)OCC(N)CO3)ccc21. The van der Waals surface area contributed by atoms with Crippen LogP contribution in [0.4, 0.5) is 0 Å². The topological polar surface area (TPSA) is 62.3 Å². The number of benzene rings is 1. The highest BCUT2D eigenvalue weighted by Gasteiger charge is 2.34. The lowest BCUT2D eigenvalue weighted by molar-refractivity contribution is -0.270. The van der Waals surface area contributed by atoms with Crippen molar-refractivity contribution in [1.29, 1.82) is 0 Å². The van der Waals surface area contributed by atoms with Gasteiger partial charge in [0.15, 0.2) is 5.79 Å². The summed E-state index contributed by atoms with van der Waals surface area (Å²) in [7, 11) is 1.98. The fraction of sp³-hybridized carbons (Fsp3) is 0.462. The van der Waals surface area contributed by atoms with Crippen molar-refractivity contribution >= 4 is 11.0 Å². The predicted molar refractivity (Wildman–Crippen MR) is 67.9 cm³/mol. The highest BCUT2D eigenvalue weighted by Crippen LogP contribution is 2.31. The first kappa shape index (κ1) is 11.6. The van der Waals surface area contributed by atoms with E-state index in [1.165, 1.54) is 0 Å². The summed E-state index contributed by atoms with van der Waals surface area (Å²) in [6.07, 6.45) is 1.80. The molecule has 1 fully saturated rings. The Morgan fingerprint density at radius 1 is 1.39 bits per heavy atom. The van der Waals surface area contributed by atoms with Crippen LogP contribution in [-0.4, -0.2) is 28.8 Å². The molecule has 1 aromatic carbocycles. The molecule has 5 heteroatoms. The molecule has 0 bridgehead atoms. The van der Waals surface area contributed by atoms with Gasteiger partial charge in [0.1, 0.15) is 0 Å². The van der Waals surface area contributed by atoms with E-state index >= 15 is 0 Å². The second-order valence-corrected chi connectivity index (χ2v) is 4.89. The number of nitrogens with two attached hydrogens (primary N) is 1. The molecule has 2 N–H and O–H groups in total. The van der Waals surface area contributed by atoms with E-state index in [-0.39, 0.29) is 6.04 Å². The van der Waals surface area contributed by atoms with Gasteiger partial charge in [-0.1, -0.05) is 6.07 Å². The first-order valence-corrected chi connectivity index (χ1v) is 6.03. The average Bonchev–Trinajstić information content (AvgIpc) is 2.75. The molecule has 0 radical (unpaired) electrons. The van der Waals surface area contributed by atoms with Crippen LogP contribution in [0.1, 0.15) is 12.5 Å². The zero-order valence-electron chi connectivity index (χ0n) is 10.6. The lowest BCUT2D eigenvalue weighted by Crippen LogP contribution is -2.46. The minimum Gasteiger partial charge on any atom is -0.344 e. The molecule has 2 aromatic rings. The van der Waals surface area contributed by atoms with Gasteiger partial charge in [-0.25, -0.2) is 4.98 Å². The number of hydrogen-bond acceptors (Lipinski definition) is 4. The molecule has 96 valence electrons. The second-order valence-electron chi connectivity index (χ2n) is 4.89. The Morgan fingerprint density at radius 2 is 2.11 bits per heavy atom. The van der Waals surface area contributed by atoms with Crippen molar-refractivity contribution < 1.29 is 9.47 Å². The summed E-state index contributed by atoms with van der Waals surface area (Å²) in [6.45, 7) is 2.94. The van der Waals surface area contributed by atoms with E-state index in [1.54, 1.807) is 6.33 Å². The minimum absolute atomic E-state index is 0.0448. The van der Waals surface area contributed by atoms with Crippen molar-refractivity contribution in [2.75, 3.05) is 13.2 Å². The molecule has 5 nitrogen and oxygen atoms in total. The van der Waals surface area contributed by atoms with Crippen LogP contribution in [0.3, 0.4) is 0 Å². The molecule has 1 aromatic heterocycles. The van der Waals surface area contributed by atoms with E-state index in [0.29, 0.717) is 13.2 Å². The van der Waals surface area contributed by atoms with Crippen molar-refractivity contribution in [1.82, 2.24) is 9.55 Å². The smallest absolute Gasteiger partial charge is 0.192 e. The molecule has 0 saturated carbocycles. The number of fused-ring (bicyclic) bond motifs is 1. The van der Waals surface area contributed by atoms with Gasteiger partial charge in [0.25, 0.3) is 0 Å². The molecule has 1 saturated heterocycles. The van der Waals surface area contributed by atoms with Gasteiger partial charge in [-0.3, -0.25) is 0 Å². The van der Waals surface area contributed by atoms with Crippen molar-refractivity contribution in [2.24, 2.45) is 12.8 Å². The zero-order valence-corrected chi connectivity index (χ0v) is 10.6. The normalized spacial score (nSPS) is 28.7. The number of hydrogen-bond donors (Lipinski definition) is 1. The number of rotatable bonds is 1. The monoisotopic (exact) mass is 247 g/mol. The highest BCUT2D eigenvalue weighted by atomic mass is 16.7. The van der Waals surface area contributed by atoms with E-state index in [1.807, 2.05) is 36.7 Å². The lowest BCUT2D eigenvalue weighted by atomic mass is 10.1. The zero-order chi connectivity index (χ0) is 12.8. The van der Waals surface area contributed by atoms with E-state index in [0.717, 1.165) is 16.6 Å². The van der Waals surface area contributed by atoms with Crippen molar-refractivity contribution in [3.8, 4) is 0 Å². The Labute approximate surface area is 106 Å². The second kappa shape index (κ2) is 4.05. The Bertz CT molecular complexity index is 571. The van der Waals surface area contributed by atoms with E-state index in [9.17, 15) is 0 Å². The molecule has 3 rings (SSSR count). The van der Waals surface area contributed by atoms with Gasteiger partial charge in [-0.2, -0.15) is 0 Å². The first-order chi connectivity index (χ1) is 8.58. The van der Waals surface area contributed by atoms with Crippen LogP contribution in [0.2, 0.25) is 0 Å². The van der Waals surface area contributed by atoms with Gasteiger partial charge < -0.3 is 19.8 Å². The van der Waals surface area contributed by atoms with Crippen LogP contribution in [0.15, 0.2) is 24.5 Å². The third kappa shape index (κ3) is 1.80. The Balaban J connectivity index is 1.98. The summed E-state index contributed by atoms with van der Waals surface area (Å²) in [5.74, 6) is -0.721. The molecule has 0 aliphatic carbocycles. The average molecular weight is 247 g/mol. The Hall–Kier alpha value is -1.43. The van der Waals surface area contributed by atoms with Crippen molar-refractivity contribution in [2.45, 2.75) is 18.8 Å². The molecule has 0 atom stereocenters. The maximum absolute atomic E-state index is 5.76. The first-order valence-electron chi connectivity index (χ1n) is 6.03. The van der Waals surface area contributed by atoms with Crippen LogP contribution in [0.5, 0.6) is 0 Å². The number of aromatic nitrogens is 2. The third-order valence-electron chi connectivity index (χ3n) is 3.40. The van der Waals surface area contributed by atoms with Crippen LogP contribution < -0.4 is 5.73 Å². The molecule has 0 amide bonds. The molecule has 1 aliphatic heterocycles. The fourth-order valence-corrected chi connectivity index (χ4v) is 2.21. The summed E-state index contributed by atoms with van der Waals surface area (Å²) in [4.78, 5) is 4.35. The maximum atomic E-state index is 5.76. The van der Waals surface area contributed by atoms with Crippen molar-refractivity contribution in [3.05, 3.63) is 30.1 Å². The Morgan fingerprint density at radius 3 is 2.83 bits per heavy atom. The third-order valence-corrected chi connectivity index (χ3v) is 3.40. The van der Waals surface area contributed by atoms with Gasteiger partial charge in [-0.15, -0.1) is 0 Å². The van der Waals surface area contributed by atoms with E-state index in [2.05, 4.69) is 4.98 Å². The van der Waals surface area contributed by atoms with Gasteiger partial charge in [0, 0.05) is 12.6 Å². The molecule has 2 heterocycles. The maximum Gasteiger partial charge on any atom is 0.192 e. The van der Waals surface area contributed by atoms with Gasteiger partial charge >= 0.3 is 0 Å². The van der Waals surface area contributed by atoms with Crippen LogP contribution in [0.25, 0.3) is 11.0 Å². The van der Waals surface area contributed by atoms with Gasteiger partial charge in [0.05, 0.1) is 36.6 Å². The van der Waals surface area contributed by atoms with E-state index < -0.39 is 5.79 Å². The summed E-state index contributed by atoms with van der Waals surface area (Å²) < 4.78 is 13.5. The van der Waals surface area contributed by atoms with Crippen LogP contribution in [-0.2, 0) is 22.3 Å². The van der Waals surface area contributed by atoms with Crippen LogP contribution in [0, 0.1) is 0 Å². The summed E-state index contributed by atoms with van der Waals surface area (Å²) in [5.41, 5.74) is 8.77. The summed E-state index contributed by atoms with van der Waals surface area (Å²) >= 11 is 0. The number of ether oxygens (including phenoxy) is 2. The molecular formula is C13H17N3O2. The molecular weight excluding hydrogens is 230 g/mol. The molecule has 0 spiro atoms. The van der Waals surface area contributed by atoms with E-state index in [4.69, 9.17) is 15.2 Å². The molecule has 0 unspecified atom stereocenters. The minimum atomic E-state index is -0.721. The number of aryl methyl sites for hydroxylation is 1. The van der Waals surface area contributed by atoms with Gasteiger partial charge in [-0.05, 0) is 19.1 Å². The van der Waals surface area contributed by atoms with Gasteiger partial charge in [0.2, 0.25) is 0 Å². The summed E-state index contributed by atoms with van der Waals surface area (Å²) in [6, 6.07) is 6.01. The lowest BCUT2D eigenvalue weighted by Gasteiger charge is -2.36. The quantitative estimate of drug-likeness (QED) is 0.820. The fourth-order valence-electron chi connectivity index (χ4n) is 2.21. The highest BCUT2D eigenvalue weighted by molar-refractivity contribution is 5.76. The molecule has 1 aliphatic rings. The van der Waals surface area contributed by atoms with Crippen molar-refractivity contribution in [3.63, 3.8) is 0 Å². The standard InChI is InChI=1S/C13H17N3O2/c1-13(17-6-10(14)7-18-13)9-3-4-12-11(5-9)15-8-16(12)2/h3-5,8,10H,6-7,14H2,1-2H3. The summed E-state index contributed by atoms with van der Waals surface area (Å²) in [5, 5.41) is 0. The number of nitrogens with zero attached hydrogens (tertiary/aromatic N) is 2. The molecule has 18 heavy (non-hydrogen) atoms. The Kier molecular flexibility index (Phi) is 2.62. The van der Waals surface area contributed by atoms with Crippen LogP contribution >= 0.6 is 0 Å². The number of imidazole rings is 1.